The number of rotatable bonds is 5. The molecule has 0 aromatic heterocycles. The molecule has 1 aromatic rings. The van der Waals surface area contributed by atoms with Gasteiger partial charge >= 0.3 is 5.97 Å². The summed E-state index contributed by atoms with van der Waals surface area (Å²) >= 11 is 0. The van der Waals surface area contributed by atoms with Crippen molar-refractivity contribution < 1.29 is 19.1 Å². The van der Waals surface area contributed by atoms with Crippen LogP contribution in [0.1, 0.15) is 63.2 Å². The zero-order chi connectivity index (χ0) is 20.8. The van der Waals surface area contributed by atoms with Crippen molar-refractivity contribution in [1.82, 2.24) is 0 Å². The molecular weight excluding hydrogens is 366 g/mol. The van der Waals surface area contributed by atoms with Crippen molar-refractivity contribution >= 4 is 23.3 Å². The fourth-order valence-electron chi connectivity index (χ4n) is 5.68. The lowest BCUT2D eigenvalue weighted by atomic mass is 9.52. The van der Waals surface area contributed by atoms with Gasteiger partial charge in [0.15, 0.2) is 12.4 Å². The minimum Gasteiger partial charge on any atom is -0.457 e. The van der Waals surface area contributed by atoms with Gasteiger partial charge in [-0.2, -0.15) is 0 Å². The van der Waals surface area contributed by atoms with Crippen LogP contribution in [0.25, 0.3) is 0 Å². The van der Waals surface area contributed by atoms with E-state index in [1.807, 2.05) is 20.8 Å². The summed E-state index contributed by atoms with van der Waals surface area (Å²) in [6.07, 6.45) is 5.97. The van der Waals surface area contributed by atoms with E-state index in [1.54, 1.807) is 24.3 Å². The standard InChI is InChI=1S/C24H31NO4/c1-24(2,3)23(28)25-19-6-4-16(5-7-19)20(26)13-29-22(27)21-17-9-14-8-15(11-17)12-18(21)10-14/h4-7,14-15,17-18,21H,8-13H2,1-3H3,(H,25,28). The number of hydrogen-bond donors (Lipinski definition) is 1. The normalized spacial score (nSPS) is 30.1. The van der Waals surface area contributed by atoms with Crippen LogP contribution in [0.3, 0.4) is 0 Å². The van der Waals surface area contributed by atoms with Crippen molar-refractivity contribution in [3.8, 4) is 0 Å². The first-order chi connectivity index (χ1) is 13.7. The zero-order valence-electron chi connectivity index (χ0n) is 17.6. The summed E-state index contributed by atoms with van der Waals surface area (Å²) in [4.78, 5) is 37.2. The van der Waals surface area contributed by atoms with Crippen LogP contribution in [-0.4, -0.2) is 24.3 Å². The van der Waals surface area contributed by atoms with Crippen LogP contribution in [0.15, 0.2) is 24.3 Å². The predicted octanol–water partition coefficient (Wildman–Crippen LogP) is 4.47. The maximum atomic E-state index is 12.7. The Morgan fingerprint density at radius 3 is 2.00 bits per heavy atom. The number of amides is 1. The number of ketones is 1. The molecule has 0 radical (unpaired) electrons. The molecule has 5 heteroatoms. The van der Waals surface area contributed by atoms with Gasteiger partial charge in [0.25, 0.3) is 0 Å². The highest BCUT2D eigenvalue weighted by Gasteiger charge is 2.51. The van der Waals surface area contributed by atoms with E-state index in [-0.39, 0.29) is 30.2 Å². The molecule has 5 nitrogen and oxygen atoms in total. The summed E-state index contributed by atoms with van der Waals surface area (Å²) < 4.78 is 5.47. The molecule has 4 aliphatic rings. The van der Waals surface area contributed by atoms with Crippen LogP contribution >= 0.6 is 0 Å². The third-order valence-electron chi connectivity index (χ3n) is 6.99. The summed E-state index contributed by atoms with van der Waals surface area (Å²) in [5, 5.41) is 2.84. The minimum absolute atomic E-state index is 0.00872. The molecule has 5 rings (SSSR count). The monoisotopic (exact) mass is 397 g/mol. The van der Waals surface area contributed by atoms with E-state index in [0.717, 1.165) is 37.5 Å². The van der Waals surface area contributed by atoms with Gasteiger partial charge in [-0.05, 0) is 80.0 Å². The van der Waals surface area contributed by atoms with E-state index in [4.69, 9.17) is 4.74 Å². The molecule has 0 heterocycles. The van der Waals surface area contributed by atoms with Crippen molar-refractivity contribution in [1.29, 1.82) is 0 Å². The quantitative estimate of drug-likeness (QED) is 0.588. The summed E-state index contributed by atoms with van der Waals surface area (Å²) in [5.41, 5.74) is 0.643. The van der Waals surface area contributed by atoms with Crippen molar-refractivity contribution in [3.63, 3.8) is 0 Å². The first-order valence-corrected chi connectivity index (χ1v) is 10.8. The number of esters is 1. The van der Waals surface area contributed by atoms with Gasteiger partial charge in [0, 0.05) is 16.7 Å². The highest BCUT2D eigenvalue weighted by Crippen LogP contribution is 2.56. The van der Waals surface area contributed by atoms with E-state index in [2.05, 4.69) is 5.32 Å². The molecule has 0 atom stereocenters. The minimum atomic E-state index is -0.485. The molecular formula is C24H31NO4. The highest BCUT2D eigenvalue weighted by molar-refractivity contribution is 5.99. The Balaban J connectivity index is 1.30. The van der Waals surface area contributed by atoms with E-state index in [1.165, 1.54) is 6.42 Å². The topological polar surface area (TPSA) is 72.5 Å². The molecule has 29 heavy (non-hydrogen) atoms. The van der Waals surface area contributed by atoms with Crippen molar-refractivity contribution in [2.45, 2.75) is 52.9 Å². The Morgan fingerprint density at radius 1 is 0.931 bits per heavy atom. The molecule has 4 bridgehead atoms. The van der Waals surface area contributed by atoms with Gasteiger partial charge in [-0.3, -0.25) is 14.4 Å². The van der Waals surface area contributed by atoms with E-state index in [0.29, 0.717) is 23.1 Å². The lowest BCUT2D eigenvalue weighted by molar-refractivity contribution is -0.161. The van der Waals surface area contributed by atoms with Gasteiger partial charge in [0.2, 0.25) is 5.91 Å². The summed E-state index contributed by atoms with van der Waals surface area (Å²) in [5.74, 6) is 2.05. The van der Waals surface area contributed by atoms with Crippen molar-refractivity contribution in [2.75, 3.05) is 11.9 Å². The van der Waals surface area contributed by atoms with Gasteiger partial charge in [-0.25, -0.2) is 0 Å². The molecule has 0 unspecified atom stereocenters. The van der Waals surface area contributed by atoms with E-state index in [9.17, 15) is 14.4 Å². The first-order valence-electron chi connectivity index (χ1n) is 10.8. The third-order valence-corrected chi connectivity index (χ3v) is 6.99. The number of carbonyl (C=O) groups is 3. The summed E-state index contributed by atoms with van der Waals surface area (Å²) in [6, 6.07) is 6.74. The maximum absolute atomic E-state index is 12.7. The van der Waals surface area contributed by atoms with Crippen LogP contribution in [0, 0.1) is 35.0 Å². The van der Waals surface area contributed by atoms with E-state index >= 15 is 0 Å². The molecule has 4 fully saturated rings. The molecule has 1 aromatic carbocycles. The highest BCUT2D eigenvalue weighted by atomic mass is 16.5. The van der Waals surface area contributed by atoms with Crippen LogP contribution in [-0.2, 0) is 14.3 Å². The number of carbonyl (C=O) groups excluding carboxylic acids is 3. The number of hydrogen-bond acceptors (Lipinski definition) is 4. The largest absolute Gasteiger partial charge is 0.457 e. The first kappa shape index (κ1) is 20.1. The van der Waals surface area contributed by atoms with Crippen LogP contribution in [0.2, 0.25) is 0 Å². The predicted molar refractivity (Wildman–Crippen MR) is 110 cm³/mol. The second-order valence-corrected chi connectivity index (χ2v) is 10.3. The Bertz CT molecular complexity index is 777. The molecule has 0 saturated heterocycles. The Labute approximate surface area is 172 Å². The second-order valence-electron chi connectivity index (χ2n) is 10.3. The van der Waals surface area contributed by atoms with Crippen molar-refractivity contribution in [3.05, 3.63) is 29.8 Å². The average Bonchev–Trinajstić information content (AvgIpc) is 2.65. The number of ether oxygens (including phenoxy) is 1. The summed E-state index contributed by atoms with van der Waals surface area (Å²) in [7, 11) is 0. The fraction of sp³-hybridized carbons (Fsp3) is 0.625. The number of nitrogens with one attached hydrogen (secondary N) is 1. The van der Waals surface area contributed by atoms with Crippen LogP contribution in [0.5, 0.6) is 0 Å². The molecule has 4 saturated carbocycles. The molecule has 0 spiro atoms. The maximum Gasteiger partial charge on any atom is 0.309 e. The molecule has 4 aliphatic carbocycles. The Kier molecular flexibility index (Phi) is 5.26. The number of benzene rings is 1. The Hall–Kier alpha value is -2.17. The zero-order valence-corrected chi connectivity index (χ0v) is 17.6. The molecule has 156 valence electrons. The smallest absolute Gasteiger partial charge is 0.309 e. The summed E-state index contributed by atoms with van der Waals surface area (Å²) in [6.45, 7) is 5.32. The fourth-order valence-corrected chi connectivity index (χ4v) is 5.68. The molecule has 1 N–H and O–H groups in total. The molecule has 1 amide bonds. The number of anilines is 1. The lowest BCUT2D eigenvalue weighted by Crippen LogP contribution is -2.48. The van der Waals surface area contributed by atoms with Crippen molar-refractivity contribution in [2.24, 2.45) is 35.0 Å². The van der Waals surface area contributed by atoms with Gasteiger partial charge in [0.05, 0.1) is 5.92 Å². The molecule has 0 aliphatic heterocycles. The van der Waals surface area contributed by atoms with Gasteiger partial charge < -0.3 is 10.1 Å². The lowest BCUT2D eigenvalue weighted by Gasteiger charge is -2.53. The third kappa shape index (κ3) is 4.24. The van der Waals surface area contributed by atoms with Crippen LogP contribution in [0.4, 0.5) is 5.69 Å². The number of Topliss-reactive ketones (excluding diaryl/α,β-unsaturated/α-hetero) is 1. The Morgan fingerprint density at radius 2 is 1.48 bits per heavy atom. The van der Waals surface area contributed by atoms with Gasteiger partial charge in [-0.1, -0.05) is 20.8 Å². The SMILES string of the molecule is CC(C)(C)C(=O)Nc1ccc(C(=O)COC(=O)C2C3CC4CC(C3)CC2C4)cc1. The van der Waals surface area contributed by atoms with Gasteiger partial charge in [-0.15, -0.1) is 0 Å². The van der Waals surface area contributed by atoms with Gasteiger partial charge in [0.1, 0.15) is 0 Å². The average molecular weight is 398 g/mol. The van der Waals surface area contributed by atoms with E-state index < -0.39 is 5.41 Å². The second kappa shape index (κ2) is 7.58. The van der Waals surface area contributed by atoms with Crippen LogP contribution < -0.4 is 5.32 Å².